The molecule has 0 aliphatic carbocycles. The Morgan fingerprint density at radius 3 is 2.81 bits per heavy atom. The van der Waals surface area contributed by atoms with E-state index in [9.17, 15) is 4.79 Å². The van der Waals surface area contributed by atoms with Crippen LogP contribution in [0, 0.1) is 0 Å². The molecule has 0 aliphatic rings. The average molecular weight is 513 g/mol. The molecule has 2 heterocycles. The fourth-order valence-corrected chi connectivity index (χ4v) is 4.25. The number of rotatable bonds is 9. The second-order valence-electron chi connectivity index (χ2n) is 6.79. The van der Waals surface area contributed by atoms with Crippen LogP contribution in [-0.4, -0.2) is 33.0 Å². The first kappa shape index (κ1) is 22.2. The monoisotopic (exact) mass is 512 g/mol. The molecule has 1 amide bonds. The molecule has 4 aromatic rings. The van der Waals surface area contributed by atoms with Crippen molar-refractivity contribution >= 4 is 50.3 Å². The molecule has 0 unspecified atom stereocenters. The third-order valence-corrected chi connectivity index (χ3v) is 5.97. The van der Waals surface area contributed by atoms with E-state index in [-0.39, 0.29) is 11.7 Å². The van der Waals surface area contributed by atoms with E-state index in [2.05, 4.69) is 38.0 Å². The maximum atomic E-state index is 12.4. The fourth-order valence-electron chi connectivity index (χ4n) is 3.12. The smallest absolute Gasteiger partial charge is 0.234 e. The molecular weight excluding hydrogens is 492 g/mol. The number of amides is 1. The van der Waals surface area contributed by atoms with Crippen molar-refractivity contribution in [3.05, 3.63) is 65.7 Å². The van der Waals surface area contributed by atoms with Crippen LogP contribution >= 0.6 is 27.7 Å². The SMILES string of the molecule is C=CCn1c(SCC(=O)Nc2ccc(OCC)cc2)nnc1-c1cc2cc(Br)ccc2o1. The van der Waals surface area contributed by atoms with Crippen LogP contribution in [-0.2, 0) is 11.3 Å². The van der Waals surface area contributed by atoms with Gasteiger partial charge in [0.1, 0.15) is 11.3 Å². The number of ether oxygens (including phenoxy) is 1. The van der Waals surface area contributed by atoms with E-state index in [1.165, 1.54) is 11.8 Å². The van der Waals surface area contributed by atoms with Crippen LogP contribution in [0.3, 0.4) is 0 Å². The number of hydrogen-bond donors (Lipinski definition) is 1. The summed E-state index contributed by atoms with van der Waals surface area (Å²) in [6.07, 6.45) is 1.76. The minimum Gasteiger partial charge on any atom is -0.494 e. The van der Waals surface area contributed by atoms with E-state index in [0.717, 1.165) is 21.2 Å². The van der Waals surface area contributed by atoms with Gasteiger partial charge in [-0.05, 0) is 55.5 Å². The first-order valence-electron chi connectivity index (χ1n) is 9.96. The van der Waals surface area contributed by atoms with Crippen LogP contribution in [0.2, 0.25) is 0 Å². The van der Waals surface area contributed by atoms with Crippen LogP contribution in [0.15, 0.2) is 75.2 Å². The topological polar surface area (TPSA) is 82.2 Å². The third kappa shape index (κ3) is 5.05. The second-order valence-corrected chi connectivity index (χ2v) is 8.65. The zero-order valence-corrected chi connectivity index (χ0v) is 19.8. The van der Waals surface area contributed by atoms with Crippen molar-refractivity contribution in [2.45, 2.75) is 18.6 Å². The first-order chi connectivity index (χ1) is 15.6. The van der Waals surface area contributed by atoms with Gasteiger partial charge in [0.15, 0.2) is 10.9 Å². The number of fused-ring (bicyclic) bond motifs is 1. The van der Waals surface area contributed by atoms with Crippen molar-refractivity contribution < 1.29 is 13.9 Å². The lowest BCUT2D eigenvalue weighted by atomic mass is 10.2. The van der Waals surface area contributed by atoms with Gasteiger partial charge in [0, 0.05) is 22.1 Å². The molecule has 32 heavy (non-hydrogen) atoms. The minimum atomic E-state index is -0.137. The second kappa shape index (κ2) is 10.1. The molecule has 0 fully saturated rings. The normalized spacial score (nSPS) is 10.9. The summed E-state index contributed by atoms with van der Waals surface area (Å²) in [7, 11) is 0. The Morgan fingerprint density at radius 1 is 1.25 bits per heavy atom. The summed E-state index contributed by atoms with van der Waals surface area (Å²) >= 11 is 4.78. The van der Waals surface area contributed by atoms with E-state index < -0.39 is 0 Å². The molecule has 0 aliphatic heterocycles. The molecule has 0 saturated heterocycles. The summed E-state index contributed by atoms with van der Waals surface area (Å²) in [5.74, 6) is 2.02. The average Bonchev–Trinajstić information content (AvgIpc) is 3.37. The van der Waals surface area contributed by atoms with Gasteiger partial charge in [-0.2, -0.15) is 0 Å². The maximum Gasteiger partial charge on any atom is 0.234 e. The Balaban J connectivity index is 1.47. The number of nitrogens with zero attached hydrogens (tertiary/aromatic N) is 3. The van der Waals surface area contributed by atoms with Gasteiger partial charge in [-0.25, -0.2) is 0 Å². The Morgan fingerprint density at radius 2 is 2.06 bits per heavy atom. The highest BCUT2D eigenvalue weighted by Crippen LogP contribution is 2.31. The van der Waals surface area contributed by atoms with Crippen LogP contribution in [0.25, 0.3) is 22.6 Å². The molecule has 164 valence electrons. The lowest BCUT2D eigenvalue weighted by Crippen LogP contribution is -2.14. The van der Waals surface area contributed by atoms with Gasteiger partial charge < -0.3 is 14.5 Å². The van der Waals surface area contributed by atoms with Crippen molar-refractivity contribution in [2.24, 2.45) is 0 Å². The molecule has 0 radical (unpaired) electrons. The van der Waals surface area contributed by atoms with Crippen molar-refractivity contribution in [1.29, 1.82) is 0 Å². The lowest BCUT2D eigenvalue weighted by Gasteiger charge is -2.08. The number of hydrogen-bond acceptors (Lipinski definition) is 6. The third-order valence-electron chi connectivity index (χ3n) is 4.51. The zero-order chi connectivity index (χ0) is 22.5. The number of furan rings is 1. The molecule has 7 nitrogen and oxygen atoms in total. The van der Waals surface area contributed by atoms with E-state index in [1.807, 2.05) is 60.0 Å². The predicted molar refractivity (Wildman–Crippen MR) is 130 cm³/mol. The number of allylic oxidation sites excluding steroid dienone is 1. The number of anilines is 1. The summed E-state index contributed by atoms with van der Waals surface area (Å²) in [6.45, 7) is 6.84. The summed E-state index contributed by atoms with van der Waals surface area (Å²) < 4.78 is 14.2. The van der Waals surface area contributed by atoms with Crippen molar-refractivity contribution in [3.63, 3.8) is 0 Å². The number of carbonyl (C=O) groups is 1. The van der Waals surface area contributed by atoms with Crippen molar-refractivity contribution in [3.8, 4) is 17.3 Å². The van der Waals surface area contributed by atoms with Crippen LogP contribution in [0.5, 0.6) is 5.75 Å². The van der Waals surface area contributed by atoms with E-state index >= 15 is 0 Å². The molecule has 0 bridgehead atoms. The Labute approximate surface area is 198 Å². The van der Waals surface area contributed by atoms with Gasteiger partial charge in [-0.3, -0.25) is 9.36 Å². The highest BCUT2D eigenvalue weighted by atomic mass is 79.9. The fraction of sp³-hybridized carbons (Fsp3) is 0.174. The minimum absolute atomic E-state index is 0.137. The number of thioether (sulfide) groups is 1. The van der Waals surface area contributed by atoms with Gasteiger partial charge in [0.05, 0.1) is 12.4 Å². The molecular formula is C23H21BrN4O3S. The number of halogens is 1. The van der Waals surface area contributed by atoms with Gasteiger partial charge in [0.2, 0.25) is 11.7 Å². The molecule has 0 spiro atoms. The molecule has 9 heteroatoms. The standard InChI is InChI=1S/C23H21BrN4O3S/c1-3-11-28-22(20-13-15-12-16(24)5-10-19(15)31-20)26-27-23(28)32-14-21(29)25-17-6-8-18(9-7-17)30-4-2/h3,5-10,12-13H,1,4,11,14H2,2H3,(H,25,29). The molecule has 2 aromatic heterocycles. The van der Waals surface area contributed by atoms with Gasteiger partial charge in [-0.1, -0.05) is 33.8 Å². The van der Waals surface area contributed by atoms with Gasteiger partial charge in [0.25, 0.3) is 0 Å². The number of nitrogens with one attached hydrogen (secondary N) is 1. The highest BCUT2D eigenvalue weighted by molar-refractivity contribution is 9.10. The van der Waals surface area contributed by atoms with Crippen LogP contribution in [0.1, 0.15) is 6.92 Å². The molecule has 0 atom stereocenters. The largest absolute Gasteiger partial charge is 0.494 e. The van der Waals surface area contributed by atoms with E-state index in [4.69, 9.17) is 9.15 Å². The van der Waals surface area contributed by atoms with Crippen LogP contribution < -0.4 is 10.1 Å². The molecule has 1 N–H and O–H groups in total. The Kier molecular flexibility index (Phi) is 6.96. The quantitative estimate of drug-likeness (QED) is 0.226. The lowest BCUT2D eigenvalue weighted by molar-refractivity contribution is -0.113. The van der Waals surface area contributed by atoms with E-state index in [1.54, 1.807) is 6.08 Å². The zero-order valence-electron chi connectivity index (χ0n) is 17.4. The Hall–Kier alpha value is -3.04. The van der Waals surface area contributed by atoms with Crippen LogP contribution in [0.4, 0.5) is 5.69 Å². The molecule has 0 saturated carbocycles. The van der Waals surface area contributed by atoms with Crippen molar-refractivity contribution in [1.82, 2.24) is 14.8 Å². The highest BCUT2D eigenvalue weighted by Gasteiger charge is 2.18. The summed E-state index contributed by atoms with van der Waals surface area (Å²) in [5.41, 5.74) is 1.47. The first-order valence-corrected chi connectivity index (χ1v) is 11.7. The number of carbonyl (C=O) groups excluding carboxylic acids is 1. The maximum absolute atomic E-state index is 12.4. The molecule has 4 rings (SSSR count). The van der Waals surface area contributed by atoms with Gasteiger partial charge >= 0.3 is 0 Å². The summed E-state index contributed by atoms with van der Waals surface area (Å²) in [5, 5.41) is 13.0. The number of aromatic nitrogens is 3. The summed E-state index contributed by atoms with van der Waals surface area (Å²) in [6, 6.07) is 15.0. The number of benzene rings is 2. The van der Waals surface area contributed by atoms with E-state index in [0.29, 0.717) is 35.6 Å². The Bertz CT molecular complexity index is 1250. The van der Waals surface area contributed by atoms with Gasteiger partial charge in [-0.15, -0.1) is 16.8 Å². The predicted octanol–water partition coefficient (Wildman–Crippen LogP) is 5.77. The van der Waals surface area contributed by atoms with Crippen molar-refractivity contribution in [2.75, 3.05) is 17.7 Å². The summed E-state index contributed by atoms with van der Waals surface area (Å²) in [4.78, 5) is 12.4. The molecule has 2 aromatic carbocycles.